The van der Waals surface area contributed by atoms with Gasteiger partial charge in [-0.2, -0.15) is 0 Å². The lowest BCUT2D eigenvalue weighted by atomic mass is 10.3. The largest absolute Gasteiger partial charge is 0.355 e. The second-order valence-electron chi connectivity index (χ2n) is 3.35. The highest BCUT2D eigenvalue weighted by molar-refractivity contribution is 9.10. The van der Waals surface area contributed by atoms with E-state index in [-0.39, 0.29) is 15.9 Å². The van der Waals surface area contributed by atoms with Crippen molar-refractivity contribution in [3.05, 3.63) is 28.5 Å². The third-order valence-corrected chi connectivity index (χ3v) is 4.36. The maximum atomic E-state index is 12.8. The van der Waals surface area contributed by atoms with E-state index in [0.29, 0.717) is 6.54 Å². The Morgan fingerprint density at radius 1 is 1.44 bits per heavy atom. The molecule has 0 aliphatic carbocycles. The number of nitrogens with one attached hydrogen (secondary N) is 2. The Morgan fingerprint density at radius 3 is 2.67 bits per heavy atom. The third kappa shape index (κ3) is 4.04. The molecule has 0 aliphatic rings. The second kappa shape index (κ2) is 6.26. The Kier molecular flexibility index (Phi) is 5.24. The van der Waals surface area contributed by atoms with Gasteiger partial charge in [0.2, 0.25) is 15.9 Å². The van der Waals surface area contributed by atoms with E-state index >= 15 is 0 Å². The Balaban J connectivity index is 2.83. The molecule has 0 radical (unpaired) electrons. The van der Waals surface area contributed by atoms with Crippen LogP contribution in [0.5, 0.6) is 0 Å². The normalized spacial score (nSPS) is 11.3. The Morgan fingerprint density at radius 2 is 2.11 bits per heavy atom. The highest BCUT2D eigenvalue weighted by Gasteiger charge is 2.18. The minimum atomic E-state index is -3.85. The highest BCUT2D eigenvalue weighted by atomic mass is 79.9. The number of halogens is 2. The van der Waals surface area contributed by atoms with Gasteiger partial charge in [0.1, 0.15) is 5.82 Å². The predicted octanol–water partition coefficient (Wildman–Crippen LogP) is 1.00. The van der Waals surface area contributed by atoms with Gasteiger partial charge in [-0.25, -0.2) is 17.5 Å². The molecule has 18 heavy (non-hydrogen) atoms. The number of amides is 1. The Labute approximate surface area is 113 Å². The smallest absolute Gasteiger partial charge is 0.242 e. The standard InChI is InChI=1S/C10H12BrFN2O3S/c1-2-13-10(15)6-14-18(16,17)9-4-3-7(12)5-8(9)11/h3-5,14H,2,6H2,1H3,(H,13,15). The molecule has 0 fully saturated rings. The monoisotopic (exact) mass is 338 g/mol. The fourth-order valence-corrected chi connectivity index (χ4v) is 3.22. The lowest BCUT2D eigenvalue weighted by Crippen LogP contribution is -2.36. The van der Waals surface area contributed by atoms with E-state index in [1.165, 1.54) is 0 Å². The maximum absolute atomic E-state index is 12.8. The SMILES string of the molecule is CCNC(=O)CNS(=O)(=O)c1ccc(F)cc1Br. The average Bonchev–Trinajstić information content (AvgIpc) is 2.26. The van der Waals surface area contributed by atoms with E-state index in [1.807, 2.05) is 0 Å². The summed E-state index contributed by atoms with van der Waals surface area (Å²) in [7, 11) is -3.85. The van der Waals surface area contributed by atoms with Crippen LogP contribution in [-0.4, -0.2) is 27.4 Å². The van der Waals surface area contributed by atoms with Crippen molar-refractivity contribution >= 4 is 31.9 Å². The van der Waals surface area contributed by atoms with Gasteiger partial charge in [-0.1, -0.05) is 0 Å². The van der Waals surface area contributed by atoms with Crippen molar-refractivity contribution in [1.82, 2.24) is 10.0 Å². The summed E-state index contributed by atoms with van der Waals surface area (Å²) in [5.41, 5.74) is 0. The summed E-state index contributed by atoms with van der Waals surface area (Å²) >= 11 is 2.96. The van der Waals surface area contributed by atoms with E-state index in [1.54, 1.807) is 6.92 Å². The summed E-state index contributed by atoms with van der Waals surface area (Å²) in [6.45, 7) is 1.78. The minimum absolute atomic E-state index is 0.103. The first-order valence-corrected chi connectivity index (χ1v) is 7.36. The van der Waals surface area contributed by atoms with Crippen molar-refractivity contribution in [3.8, 4) is 0 Å². The molecule has 0 aliphatic heterocycles. The van der Waals surface area contributed by atoms with E-state index in [2.05, 4.69) is 26.0 Å². The zero-order valence-corrected chi connectivity index (χ0v) is 11.9. The first kappa shape index (κ1) is 15.1. The van der Waals surface area contributed by atoms with Gasteiger partial charge >= 0.3 is 0 Å². The van der Waals surface area contributed by atoms with Crippen molar-refractivity contribution < 1.29 is 17.6 Å². The van der Waals surface area contributed by atoms with Gasteiger partial charge in [0.25, 0.3) is 0 Å². The topological polar surface area (TPSA) is 75.3 Å². The van der Waals surface area contributed by atoms with Crippen LogP contribution in [-0.2, 0) is 14.8 Å². The van der Waals surface area contributed by atoms with Crippen LogP contribution in [0.2, 0.25) is 0 Å². The lowest BCUT2D eigenvalue weighted by Gasteiger charge is -2.08. The van der Waals surface area contributed by atoms with Crippen LogP contribution in [0, 0.1) is 5.82 Å². The molecule has 1 aromatic rings. The molecule has 5 nitrogen and oxygen atoms in total. The van der Waals surface area contributed by atoms with E-state index in [0.717, 1.165) is 18.2 Å². The first-order chi connectivity index (χ1) is 8.36. The molecule has 0 aromatic heterocycles. The first-order valence-electron chi connectivity index (χ1n) is 5.08. The molecule has 2 N–H and O–H groups in total. The molecule has 0 atom stereocenters. The second-order valence-corrected chi connectivity index (χ2v) is 5.94. The van der Waals surface area contributed by atoms with Gasteiger partial charge in [-0.15, -0.1) is 0 Å². The van der Waals surface area contributed by atoms with Gasteiger partial charge in [0, 0.05) is 11.0 Å². The molecular formula is C10H12BrFN2O3S. The maximum Gasteiger partial charge on any atom is 0.242 e. The number of carbonyl (C=O) groups is 1. The predicted molar refractivity (Wildman–Crippen MR) is 68.0 cm³/mol. The van der Waals surface area contributed by atoms with Crippen molar-refractivity contribution in [2.45, 2.75) is 11.8 Å². The number of carbonyl (C=O) groups excluding carboxylic acids is 1. The molecule has 0 saturated carbocycles. The van der Waals surface area contributed by atoms with Crippen LogP contribution in [0.3, 0.4) is 0 Å². The highest BCUT2D eigenvalue weighted by Crippen LogP contribution is 2.22. The van der Waals surface area contributed by atoms with Gasteiger partial charge in [0.15, 0.2) is 0 Å². The van der Waals surface area contributed by atoms with Crippen molar-refractivity contribution in [2.75, 3.05) is 13.1 Å². The van der Waals surface area contributed by atoms with E-state index < -0.39 is 21.7 Å². The number of hydrogen-bond acceptors (Lipinski definition) is 3. The number of likely N-dealkylation sites (N-methyl/N-ethyl adjacent to an activating group) is 1. The molecule has 0 spiro atoms. The third-order valence-electron chi connectivity index (χ3n) is 1.98. The van der Waals surface area contributed by atoms with Crippen LogP contribution in [0.1, 0.15) is 6.92 Å². The summed E-state index contributed by atoms with van der Waals surface area (Å²) in [5.74, 6) is -0.983. The zero-order chi connectivity index (χ0) is 13.8. The summed E-state index contributed by atoms with van der Waals surface area (Å²) in [6, 6.07) is 3.20. The zero-order valence-electron chi connectivity index (χ0n) is 9.54. The van der Waals surface area contributed by atoms with Crippen LogP contribution < -0.4 is 10.0 Å². The molecule has 0 unspecified atom stereocenters. The Hall–Kier alpha value is -0.990. The van der Waals surface area contributed by atoms with Crippen LogP contribution in [0.25, 0.3) is 0 Å². The molecule has 8 heteroatoms. The number of sulfonamides is 1. The number of rotatable bonds is 5. The van der Waals surface area contributed by atoms with Crippen molar-refractivity contribution in [1.29, 1.82) is 0 Å². The molecule has 0 heterocycles. The van der Waals surface area contributed by atoms with Crippen molar-refractivity contribution in [3.63, 3.8) is 0 Å². The summed E-state index contributed by atoms with van der Waals surface area (Å²) < 4.78 is 38.7. The lowest BCUT2D eigenvalue weighted by molar-refractivity contribution is -0.119. The molecule has 100 valence electrons. The van der Waals surface area contributed by atoms with Crippen LogP contribution in [0.4, 0.5) is 4.39 Å². The van der Waals surface area contributed by atoms with Crippen LogP contribution in [0.15, 0.2) is 27.6 Å². The summed E-state index contributed by atoms with van der Waals surface area (Å²) in [6.07, 6.45) is 0. The molecule has 1 aromatic carbocycles. The van der Waals surface area contributed by atoms with Gasteiger partial charge in [0.05, 0.1) is 11.4 Å². The number of hydrogen-bond donors (Lipinski definition) is 2. The van der Waals surface area contributed by atoms with Gasteiger partial charge < -0.3 is 5.32 Å². The average molecular weight is 339 g/mol. The fraction of sp³-hybridized carbons (Fsp3) is 0.300. The van der Waals surface area contributed by atoms with Crippen LogP contribution >= 0.6 is 15.9 Å². The molecule has 0 saturated heterocycles. The molecule has 1 amide bonds. The summed E-state index contributed by atoms with van der Waals surface area (Å²) in [5, 5.41) is 2.46. The van der Waals surface area contributed by atoms with E-state index in [4.69, 9.17) is 0 Å². The van der Waals surface area contributed by atoms with Gasteiger partial charge in [-0.05, 0) is 41.1 Å². The van der Waals surface area contributed by atoms with Crippen molar-refractivity contribution in [2.24, 2.45) is 0 Å². The molecule has 1 rings (SSSR count). The fourth-order valence-electron chi connectivity index (χ4n) is 1.19. The molecule has 0 bridgehead atoms. The molecular weight excluding hydrogens is 327 g/mol. The van der Waals surface area contributed by atoms with Gasteiger partial charge in [-0.3, -0.25) is 4.79 Å². The quantitative estimate of drug-likeness (QED) is 0.841. The Bertz CT molecular complexity index is 548. The minimum Gasteiger partial charge on any atom is -0.355 e. The summed E-state index contributed by atoms with van der Waals surface area (Å²) in [4.78, 5) is 11.0. The number of benzene rings is 1. The van der Waals surface area contributed by atoms with E-state index in [9.17, 15) is 17.6 Å².